The molecule has 4 nitrogen and oxygen atoms in total. The molecule has 0 radical (unpaired) electrons. The van der Waals surface area contributed by atoms with Crippen LogP contribution < -0.4 is 0 Å². The molecule has 118 valence electrons. The maximum Gasteiger partial charge on any atom is 0.129 e. The van der Waals surface area contributed by atoms with Gasteiger partial charge in [-0.2, -0.15) is 0 Å². The Bertz CT molecular complexity index is 420. The van der Waals surface area contributed by atoms with Gasteiger partial charge >= 0.3 is 0 Å². The fraction of sp³-hybridized carbons (Fsp3) is 0.765. The summed E-state index contributed by atoms with van der Waals surface area (Å²) >= 11 is 0. The topological polar surface area (TPSA) is 45.8 Å². The number of hydrogen-bond acceptors (Lipinski definition) is 4. The smallest absolute Gasteiger partial charge is 0.129 e. The Morgan fingerprint density at radius 1 is 1.43 bits per heavy atom. The van der Waals surface area contributed by atoms with E-state index in [1.165, 1.54) is 32.1 Å². The van der Waals surface area contributed by atoms with Crippen LogP contribution in [-0.4, -0.2) is 41.3 Å². The number of hydrogen-bond donors (Lipinski definition) is 1. The van der Waals surface area contributed by atoms with Gasteiger partial charge in [-0.3, -0.25) is 4.90 Å². The van der Waals surface area contributed by atoms with Crippen LogP contribution in [0.5, 0.6) is 0 Å². The molecule has 1 aliphatic carbocycles. The van der Waals surface area contributed by atoms with Crippen molar-refractivity contribution in [2.45, 2.75) is 63.8 Å². The number of aliphatic hydroxyl groups is 1. The van der Waals surface area contributed by atoms with E-state index < -0.39 is 6.10 Å². The molecule has 1 aromatic rings. The third-order valence-electron chi connectivity index (χ3n) is 5.06. The molecule has 4 atom stereocenters. The number of aliphatic hydroxyl groups excluding tert-OH is 1. The number of β-amino-alcohol motifs (C(OH)–C–C–N with tert-alkyl or cyclic N) is 1. The van der Waals surface area contributed by atoms with Crippen LogP contribution in [0.15, 0.2) is 22.8 Å². The molecule has 2 fully saturated rings. The van der Waals surface area contributed by atoms with Crippen molar-refractivity contribution in [3.63, 3.8) is 0 Å². The van der Waals surface area contributed by atoms with Crippen LogP contribution in [0.25, 0.3) is 0 Å². The molecule has 3 rings (SSSR count). The summed E-state index contributed by atoms with van der Waals surface area (Å²) in [5, 5.41) is 10.2. The molecule has 1 saturated heterocycles. The largest absolute Gasteiger partial charge is 0.467 e. The molecule has 0 bridgehead atoms. The average Bonchev–Trinajstić information content (AvgIpc) is 3.08. The zero-order valence-electron chi connectivity index (χ0n) is 12.9. The van der Waals surface area contributed by atoms with Gasteiger partial charge in [-0.15, -0.1) is 0 Å². The molecular weight excluding hydrogens is 266 g/mol. The highest BCUT2D eigenvalue weighted by Gasteiger charge is 2.40. The summed E-state index contributed by atoms with van der Waals surface area (Å²) < 4.78 is 10.8. The first-order valence-corrected chi connectivity index (χ1v) is 8.28. The number of rotatable bonds is 6. The first-order valence-electron chi connectivity index (χ1n) is 8.28. The zero-order chi connectivity index (χ0) is 14.7. The van der Waals surface area contributed by atoms with Gasteiger partial charge in [0.05, 0.1) is 19.0 Å². The van der Waals surface area contributed by atoms with Gasteiger partial charge in [0.25, 0.3) is 0 Å². The highest BCUT2D eigenvalue weighted by atomic mass is 16.5. The zero-order valence-corrected chi connectivity index (χ0v) is 12.9. The Labute approximate surface area is 127 Å². The fourth-order valence-corrected chi connectivity index (χ4v) is 4.10. The predicted molar refractivity (Wildman–Crippen MR) is 80.9 cm³/mol. The second-order valence-electron chi connectivity index (χ2n) is 6.64. The van der Waals surface area contributed by atoms with Gasteiger partial charge < -0.3 is 14.3 Å². The van der Waals surface area contributed by atoms with Crippen molar-refractivity contribution < 1.29 is 14.3 Å². The standard InChI is InChI=1S/C17H27NO3/c1-13-9-14-5-2-3-7-17(14)18(13)10-15(19)11-20-12-16-6-4-8-21-16/h4,6,8,13-15,17,19H,2-3,5,7,9-12H2,1H3. The lowest BCUT2D eigenvalue weighted by Gasteiger charge is -2.34. The summed E-state index contributed by atoms with van der Waals surface area (Å²) in [6.07, 6.45) is 7.93. The Hall–Kier alpha value is -0.840. The summed E-state index contributed by atoms with van der Waals surface area (Å²) in [5.41, 5.74) is 0. The number of furan rings is 1. The normalized spacial score (nSPS) is 31.2. The maximum atomic E-state index is 10.2. The molecule has 0 amide bonds. The first-order chi connectivity index (χ1) is 10.2. The van der Waals surface area contributed by atoms with Crippen molar-refractivity contribution >= 4 is 0 Å². The van der Waals surface area contributed by atoms with E-state index in [-0.39, 0.29) is 0 Å². The summed E-state index contributed by atoms with van der Waals surface area (Å²) in [7, 11) is 0. The van der Waals surface area contributed by atoms with Gasteiger partial charge in [-0.05, 0) is 44.2 Å². The lowest BCUT2D eigenvalue weighted by atomic mass is 9.85. The third-order valence-corrected chi connectivity index (χ3v) is 5.06. The first kappa shape index (κ1) is 15.1. The van der Waals surface area contributed by atoms with Crippen LogP contribution >= 0.6 is 0 Å². The lowest BCUT2D eigenvalue weighted by molar-refractivity contribution is -0.00555. The van der Waals surface area contributed by atoms with Crippen molar-refractivity contribution in [2.75, 3.05) is 13.2 Å². The van der Waals surface area contributed by atoms with Gasteiger partial charge in [0, 0.05) is 18.6 Å². The second-order valence-corrected chi connectivity index (χ2v) is 6.64. The Kier molecular flexibility index (Phi) is 4.99. The summed E-state index contributed by atoms with van der Waals surface area (Å²) in [6.45, 7) is 3.85. The van der Waals surface area contributed by atoms with Crippen LogP contribution in [0.4, 0.5) is 0 Å². The predicted octanol–water partition coefficient (Wildman–Crippen LogP) is 2.81. The molecule has 1 N–H and O–H groups in total. The highest BCUT2D eigenvalue weighted by Crippen LogP contribution is 2.39. The van der Waals surface area contributed by atoms with Crippen molar-refractivity contribution in [1.29, 1.82) is 0 Å². The fourth-order valence-electron chi connectivity index (χ4n) is 4.10. The second kappa shape index (κ2) is 6.95. The van der Waals surface area contributed by atoms with Crippen molar-refractivity contribution in [2.24, 2.45) is 5.92 Å². The van der Waals surface area contributed by atoms with Crippen molar-refractivity contribution in [3.05, 3.63) is 24.2 Å². The minimum absolute atomic E-state index is 0.376. The van der Waals surface area contributed by atoms with E-state index >= 15 is 0 Å². The van der Waals surface area contributed by atoms with E-state index in [4.69, 9.17) is 9.15 Å². The average molecular weight is 293 g/mol. The molecule has 0 spiro atoms. The van der Waals surface area contributed by atoms with Gasteiger partial charge in [0.15, 0.2) is 0 Å². The monoisotopic (exact) mass is 293 g/mol. The van der Waals surface area contributed by atoms with Crippen molar-refractivity contribution in [3.8, 4) is 0 Å². The summed E-state index contributed by atoms with van der Waals surface area (Å²) in [4.78, 5) is 2.52. The van der Waals surface area contributed by atoms with Gasteiger partial charge in [0.2, 0.25) is 0 Å². The van der Waals surface area contributed by atoms with E-state index in [1.54, 1.807) is 6.26 Å². The Morgan fingerprint density at radius 2 is 2.29 bits per heavy atom. The molecule has 1 aliphatic heterocycles. The van der Waals surface area contributed by atoms with Crippen LogP contribution in [0.1, 0.15) is 44.8 Å². The number of likely N-dealkylation sites (tertiary alicyclic amines) is 1. The van der Waals surface area contributed by atoms with E-state index in [2.05, 4.69) is 11.8 Å². The Balaban J connectivity index is 1.44. The Morgan fingerprint density at radius 3 is 3.10 bits per heavy atom. The number of fused-ring (bicyclic) bond motifs is 1. The van der Waals surface area contributed by atoms with Gasteiger partial charge in [-0.25, -0.2) is 0 Å². The van der Waals surface area contributed by atoms with Crippen LogP contribution in [0.3, 0.4) is 0 Å². The minimum Gasteiger partial charge on any atom is -0.467 e. The molecular formula is C17H27NO3. The minimum atomic E-state index is -0.414. The van der Waals surface area contributed by atoms with Crippen molar-refractivity contribution in [1.82, 2.24) is 4.90 Å². The molecule has 2 aliphatic rings. The number of nitrogens with zero attached hydrogens (tertiary/aromatic N) is 1. The maximum absolute atomic E-state index is 10.2. The van der Waals surface area contributed by atoms with E-state index in [1.807, 2.05) is 12.1 Å². The molecule has 4 unspecified atom stereocenters. The molecule has 21 heavy (non-hydrogen) atoms. The molecule has 0 aromatic carbocycles. The number of ether oxygens (including phenoxy) is 1. The summed E-state index contributed by atoms with van der Waals surface area (Å²) in [6, 6.07) is 5.03. The van der Waals surface area contributed by atoms with Gasteiger partial charge in [-0.1, -0.05) is 12.8 Å². The highest BCUT2D eigenvalue weighted by molar-refractivity contribution is 4.96. The lowest BCUT2D eigenvalue weighted by Crippen LogP contribution is -2.43. The molecule has 2 heterocycles. The molecule has 4 heteroatoms. The quantitative estimate of drug-likeness (QED) is 0.876. The molecule has 1 saturated carbocycles. The summed E-state index contributed by atoms with van der Waals surface area (Å²) in [5.74, 6) is 1.66. The molecule has 1 aromatic heterocycles. The van der Waals surface area contributed by atoms with Crippen LogP contribution in [-0.2, 0) is 11.3 Å². The van der Waals surface area contributed by atoms with Crippen LogP contribution in [0, 0.1) is 5.92 Å². The van der Waals surface area contributed by atoms with E-state index in [9.17, 15) is 5.11 Å². The van der Waals surface area contributed by atoms with E-state index in [0.29, 0.717) is 25.3 Å². The van der Waals surface area contributed by atoms with Crippen LogP contribution in [0.2, 0.25) is 0 Å². The van der Waals surface area contributed by atoms with E-state index in [0.717, 1.165) is 18.2 Å². The third kappa shape index (κ3) is 3.68. The SMILES string of the molecule is CC1CC2CCCCC2N1CC(O)COCc1ccco1. The van der Waals surface area contributed by atoms with Gasteiger partial charge in [0.1, 0.15) is 12.4 Å².